The van der Waals surface area contributed by atoms with Gasteiger partial charge in [0.15, 0.2) is 0 Å². The molecule has 1 fully saturated rings. The summed E-state index contributed by atoms with van der Waals surface area (Å²) in [4.78, 5) is 2.52. The van der Waals surface area contributed by atoms with Crippen molar-refractivity contribution in [3.8, 4) is 11.8 Å². The van der Waals surface area contributed by atoms with Crippen molar-refractivity contribution in [2.45, 2.75) is 45.6 Å². The molecule has 1 rings (SSSR count). The molecule has 0 radical (unpaired) electrons. The summed E-state index contributed by atoms with van der Waals surface area (Å²) < 4.78 is 0. The highest BCUT2D eigenvalue weighted by molar-refractivity contribution is 4.96. The molecule has 1 heterocycles. The van der Waals surface area contributed by atoms with Gasteiger partial charge in [0.25, 0.3) is 0 Å². The van der Waals surface area contributed by atoms with Gasteiger partial charge in [-0.25, -0.2) is 0 Å². The maximum absolute atomic E-state index is 5.84. The Morgan fingerprint density at radius 2 is 2.27 bits per heavy atom. The highest BCUT2D eigenvalue weighted by Crippen LogP contribution is 2.24. The van der Waals surface area contributed by atoms with Gasteiger partial charge in [-0.15, -0.1) is 11.8 Å². The number of nitrogens with zero attached hydrogens (tertiary/aromatic N) is 1. The molecule has 15 heavy (non-hydrogen) atoms. The highest BCUT2D eigenvalue weighted by atomic mass is 15.2. The molecule has 2 unspecified atom stereocenters. The van der Waals surface area contributed by atoms with Crippen LogP contribution in [0.3, 0.4) is 0 Å². The molecular formula is C13H24N2. The Morgan fingerprint density at radius 1 is 1.47 bits per heavy atom. The third kappa shape index (κ3) is 3.85. The number of hydrogen-bond acceptors (Lipinski definition) is 2. The van der Waals surface area contributed by atoms with Crippen LogP contribution < -0.4 is 5.73 Å². The minimum atomic E-state index is 0.599. The fourth-order valence-electron chi connectivity index (χ4n) is 2.42. The summed E-state index contributed by atoms with van der Waals surface area (Å²) in [6, 6.07) is 0.599. The summed E-state index contributed by atoms with van der Waals surface area (Å²) in [6.07, 6.45) is 4.92. The average molecular weight is 208 g/mol. The van der Waals surface area contributed by atoms with Crippen LogP contribution in [0.15, 0.2) is 0 Å². The summed E-state index contributed by atoms with van der Waals surface area (Å²) in [7, 11) is 0. The maximum Gasteiger partial charge on any atom is 0.0221 e. The van der Waals surface area contributed by atoms with Crippen LogP contribution in [0.4, 0.5) is 0 Å². The quantitative estimate of drug-likeness (QED) is 0.714. The van der Waals surface area contributed by atoms with E-state index >= 15 is 0 Å². The second kappa shape index (κ2) is 6.87. The van der Waals surface area contributed by atoms with E-state index in [9.17, 15) is 0 Å². The van der Waals surface area contributed by atoms with Crippen molar-refractivity contribution in [1.82, 2.24) is 4.90 Å². The molecule has 0 saturated carbocycles. The Kier molecular flexibility index (Phi) is 5.75. The number of piperidine rings is 1. The van der Waals surface area contributed by atoms with Crippen LogP contribution in [-0.2, 0) is 0 Å². The van der Waals surface area contributed by atoms with E-state index in [1.54, 1.807) is 0 Å². The molecule has 0 spiro atoms. The predicted molar refractivity (Wildman–Crippen MR) is 65.5 cm³/mol. The molecule has 2 heteroatoms. The smallest absolute Gasteiger partial charge is 0.0221 e. The first-order chi connectivity index (χ1) is 7.31. The Bertz CT molecular complexity index is 226. The second-order valence-corrected chi connectivity index (χ2v) is 4.40. The lowest BCUT2D eigenvalue weighted by Crippen LogP contribution is -2.46. The number of nitrogens with two attached hydrogens (primary N) is 1. The van der Waals surface area contributed by atoms with E-state index in [-0.39, 0.29) is 0 Å². The topological polar surface area (TPSA) is 29.3 Å². The Balaban J connectivity index is 2.38. The van der Waals surface area contributed by atoms with E-state index in [0.29, 0.717) is 6.04 Å². The van der Waals surface area contributed by atoms with Gasteiger partial charge < -0.3 is 5.73 Å². The minimum Gasteiger partial charge on any atom is -0.329 e. The van der Waals surface area contributed by atoms with Gasteiger partial charge in [0, 0.05) is 25.6 Å². The first-order valence-corrected chi connectivity index (χ1v) is 6.15. The Labute approximate surface area is 94.2 Å². The highest BCUT2D eigenvalue weighted by Gasteiger charge is 2.25. The summed E-state index contributed by atoms with van der Waals surface area (Å²) in [5.41, 5.74) is 5.84. The first kappa shape index (κ1) is 12.5. The van der Waals surface area contributed by atoms with Crippen molar-refractivity contribution in [2.24, 2.45) is 11.7 Å². The van der Waals surface area contributed by atoms with Crippen LogP contribution in [0, 0.1) is 17.8 Å². The average Bonchev–Trinajstić information content (AvgIpc) is 2.29. The molecule has 1 aliphatic rings. The van der Waals surface area contributed by atoms with Gasteiger partial charge in [-0.2, -0.15) is 0 Å². The second-order valence-electron chi connectivity index (χ2n) is 4.40. The molecule has 86 valence electrons. The van der Waals surface area contributed by atoms with Crippen molar-refractivity contribution in [1.29, 1.82) is 0 Å². The first-order valence-electron chi connectivity index (χ1n) is 6.15. The lowest BCUT2D eigenvalue weighted by molar-refractivity contribution is 0.117. The maximum atomic E-state index is 5.84. The fourth-order valence-corrected chi connectivity index (χ4v) is 2.42. The zero-order valence-electron chi connectivity index (χ0n) is 10.1. The van der Waals surface area contributed by atoms with Crippen molar-refractivity contribution in [3.63, 3.8) is 0 Å². The van der Waals surface area contributed by atoms with Crippen LogP contribution in [0.2, 0.25) is 0 Å². The molecule has 1 aliphatic heterocycles. The minimum absolute atomic E-state index is 0.599. The summed E-state index contributed by atoms with van der Waals surface area (Å²) >= 11 is 0. The molecule has 2 N–H and O–H groups in total. The molecule has 2 atom stereocenters. The predicted octanol–water partition coefficient (Wildman–Crippen LogP) is 1.85. The third-order valence-corrected chi connectivity index (χ3v) is 3.50. The third-order valence-electron chi connectivity index (χ3n) is 3.50. The van der Waals surface area contributed by atoms with E-state index in [2.05, 4.69) is 23.7 Å². The molecule has 0 aromatic rings. The van der Waals surface area contributed by atoms with Crippen LogP contribution in [0.1, 0.15) is 39.5 Å². The lowest BCUT2D eigenvalue weighted by Gasteiger charge is -2.38. The monoisotopic (exact) mass is 208 g/mol. The normalized spacial score (nSPS) is 27.1. The van der Waals surface area contributed by atoms with Gasteiger partial charge >= 0.3 is 0 Å². The molecule has 1 saturated heterocycles. The van der Waals surface area contributed by atoms with E-state index in [1.165, 1.54) is 25.8 Å². The van der Waals surface area contributed by atoms with Crippen LogP contribution in [0.5, 0.6) is 0 Å². The van der Waals surface area contributed by atoms with Crippen molar-refractivity contribution >= 4 is 0 Å². The van der Waals surface area contributed by atoms with E-state index in [0.717, 1.165) is 25.4 Å². The SMILES string of the molecule is CC#CCCN1CCC(CC)CC1CN. The zero-order valence-corrected chi connectivity index (χ0v) is 10.1. The Morgan fingerprint density at radius 3 is 2.87 bits per heavy atom. The Hall–Kier alpha value is -0.520. The van der Waals surface area contributed by atoms with Gasteiger partial charge in [0.1, 0.15) is 0 Å². The molecule has 0 aromatic carbocycles. The zero-order chi connectivity index (χ0) is 11.1. The largest absolute Gasteiger partial charge is 0.329 e. The van der Waals surface area contributed by atoms with Crippen LogP contribution in [-0.4, -0.2) is 30.6 Å². The standard InChI is InChI=1S/C13H24N2/c1-3-5-6-8-15-9-7-12(4-2)10-13(15)11-14/h12-13H,4,6-11,14H2,1-2H3. The van der Waals surface area contributed by atoms with E-state index in [1.807, 2.05) is 6.92 Å². The van der Waals surface area contributed by atoms with Gasteiger partial charge in [-0.05, 0) is 32.2 Å². The van der Waals surface area contributed by atoms with Gasteiger partial charge in [0.2, 0.25) is 0 Å². The van der Waals surface area contributed by atoms with Crippen molar-refractivity contribution < 1.29 is 0 Å². The summed E-state index contributed by atoms with van der Waals surface area (Å²) in [5, 5.41) is 0. The fraction of sp³-hybridized carbons (Fsp3) is 0.846. The van der Waals surface area contributed by atoms with Crippen LogP contribution in [0.25, 0.3) is 0 Å². The molecule has 0 amide bonds. The lowest BCUT2D eigenvalue weighted by atomic mass is 9.89. The van der Waals surface area contributed by atoms with Crippen LogP contribution >= 0.6 is 0 Å². The molecule has 2 nitrogen and oxygen atoms in total. The van der Waals surface area contributed by atoms with Crippen molar-refractivity contribution in [3.05, 3.63) is 0 Å². The molecular weight excluding hydrogens is 184 g/mol. The number of hydrogen-bond donors (Lipinski definition) is 1. The van der Waals surface area contributed by atoms with Crippen molar-refractivity contribution in [2.75, 3.05) is 19.6 Å². The van der Waals surface area contributed by atoms with E-state index < -0.39 is 0 Å². The number of likely N-dealkylation sites (tertiary alicyclic amines) is 1. The van der Waals surface area contributed by atoms with Gasteiger partial charge in [-0.1, -0.05) is 13.3 Å². The molecule has 0 bridgehead atoms. The molecule has 0 aliphatic carbocycles. The van der Waals surface area contributed by atoms with E-state index in [4.69, 9.17) is 5.73 Å². The summed E-state index contributed by atoms with van der Waals surface area (Å²) in [5.74, 6) is 6.98. The summed E-state index contributed by atoms with van der Waals surface area (Å²) in [6.45, 7) is 7.31. The number of rotatable bonds is 4. The van der Waals surface area contributed by atoms with Gasteiger partial charge in [0.05, 0.1) is 0 Å². The van der Waals surface area contributed by atoms with Gasteiger partial charge in [-0.3, -0.25) is 4.90 Å². The molecule has 0 aromatic heterocycles.